The Hall–Kier alpha value is -0.210. The van der Waals surface area contributed by atoms with Gasteiger partial charge in [0, 0.05) is 11.0 Å². The van der Waals surface area contributed by atoms with Gasteiger partial charge in [-0.1, -0.05) is 22.6 Å². The van der Waals surface area contributed by atoms with Crippen LogP contribution in [0.5, 0.6) is 0 Å². The van der Waals surface area contributed by atoms with Gasteiger partial charge in [0.1, 0.15) is 5.82 Å². The third-order valence-electron chi connectivity index (χ3n) is 1.73. The van der Waals surface area contributed by atoms with E-state index in [-0.39, 0.29) is 4.90 Å². The first-order valence-electron chi connectivity index (χ1n) is 4.37. The van der Waals surface area contributed by atoms with Crippen LogP contribution in [0.3, 0.4) is 0 Å². The van der Waals surface area contributed by atoms with Gasteiger partial charge in [0.15, 0.2) is 0 Å². The number of nitrogens with one attached hydrogen (secondary N) is 1. The van der Waals surface area contributed by atoms with Gasteiger partial charge in [-0.2, -0.15) is 0 Å². The van der Waals surface area contributed by atoms with Crippen LogP contribution in [-0.2, 0) is 10.0 Å². The van der Waals surface area contributed by atoms with Crippen LogP contribution in [0.2, 0.25) is 0 Å². The van der Waals surface area contributed by atoms with Crippen LogP contribution in [-0.4, -0.2) is 19.4 Å². The first kappa shape index (κ1) is 12.9. The molecule has 0 atom stereocenters. The normalized spacial score (nSPS) is 11.6. The van der Waals surface area contributed by atoms with E-state index in [2.05, 4.69) is 27.3 Å². The minimum absolute atomic E-state index is 0.0948. The number of hydrogen-bond donors (Lipinski definition) is 1. The smallest absolute Gasteiger partial charge is 0.211 e. The zero-order valence-electron chi connectivity index (χ0n) is 7.91. The Morgan fingerprint density at radius 1 is 1.27 bits per heavy atom. The Bertz CT molecular complexity index is 405. The molecular formula is C9H11FINO2S. The Labute approximate surface area is 102 Å². The highest BCUT2D eigenvalue weighted by Crippen LogP contribution is 2.09. The van der Waals surface area contributed by atoms with Crippen molar-refractivity contribution in [3.63, 3.8) is 0 Å². The lowest BCUT2D eigenvalue weighted by atomic mass is 10.4. The molecule has 1 N–H and O–H groups in total. The number of alkyl halides is 1. The summed E-state index contributed by atoms with van der Waals surface area (Å²) in [4.78, 5) is 0.0948. The van der Waals surface area contributed by atoms with E-state index in [9.17, 15) is 12.8 Å². The first-order valence-corrected chi connectivity index (χ1v) is 7.38. The second kappa shape index (κ2) is 5.76. The Balaban J connectivity index is 2.73. The fourth-order valence-corrected chi connectivity index (χ4v) is 2.43. The maximum atomic E-state index is 12.6. The molecule has 84 valence electrons. The summed E-state index contributed by atoms with van der Waals surface area (Å²) in [6.07, 6.45) is 0.779. The predicted octanol–water partition coefficient (Wildman–Crippen LogP) is 1.93. The van der Waals surface area contributed by atoms with Crippen molar-refractivity contribution in [1.29, 1.82) is 0 Å². The summed E-state index contributed by atoms with van der Waals surface area (Å²) in [6, 6.07) is 4.77. The number of rotatable bonds is 5. The van der Waals surface area contributed by atoms with Crippen molar-refractivity contribution in [1.82, 2.24) is 4.72 Å². The molecule has 1 aromatic rings. The van der Waals surface area contributed by atoms with Gasteiger partial charge < -0.3 is 0 Å². The van der Waals surface area contributed by atoms with Crippen LogP contribution in [0.15, 0.2) is 29.2 Å². The molecule has 0 bridgehead atoms. The molecule has 0 saturated carbocycles. The molecule has 0 fully saturated rings. The van der Waals surface area contributed by atoms with Crippen LogP contribution < -0.4 is 4.72 Å². The Morgan fingerprint density at radius 3 is 2.40 bits per heavy atom. The van der Waals surface area contributed by atoms with E-state index < -0.39 is 15.8 Å². The summed E-state index contributed by atoms with van der Waals surface area (Å²) in [5.74, 6) is -0.443. The molecule has 0 saturated heterocycles. The molecule has 0 aliphatic heterocycles. The third kappa shape index (κ3) is 4.04. The van der Waals surface area contributed by atoms with Crippen molar-refractivity contribution >= 4 is 32.6 Å². The molecular weight excluding hydrogens is 332 g/mol. The zero-order valence-corrected chi connectivity index (χ0v) is 10.9. The predicted molar refractivity (Wildman–Crippen MR) is 65.1 cm³/mol. The van der Waals surface area contributed by atoms with Crippen molar-refractivity contribution in [3.8, 4) is 0 Å². The van der Waals surface area contributed by atoms with Crippen molar-refractivity contribution < 1.29 is 12.8 Å². The van der Waals surface area contributed by atoms with E-state index in [1.165, 1.54) is 12.1 Å². The molecule has 0 amide bonds. The quantitative estimate of drug-likeness (QED) is 0.505. The van der Waals surface area contributed by atoms with E-state index in [0.717, 1.165) is 23.0 Å². The summed E-state index contributed by atoms with van der Waals surface area (Å²) in [5.41, 5.74) is 0. The van der Waals surface area contributed by atoms with Crippen LogP contribution in [0.25, 0.3) is 0 Å². The monoisotopic (exact) mass is 343 g/mol. The maximum Gasteiger partial charge on any atom is 0.240 e. The van der Waals surface area contributed by atoms with Crippen molar-refractivity contribution in [2.75, 3.05) is 11.0 Å². The zero-order chi connectivity index (χ0) is 11.3. The van der Waals surface area contributed by atoms with Crippen LogP contribution in [0.4, 0.5) is 4.39 Å². The molecule has 3 nitrogen and oxygen atoms in total. The average molecular weight is 343 g/mol. The summed E-state index contributed by atoms with van der Waals surface area (Å²) in [7, 11) is -3.47. The maximum absolute atomic E-state index is 12.6. The second-order valence-corrected chi connectivity index (χ2v) is 5.74. The lowest BCUT2D eigenvalue weighted by Gasteiger charge is -2.05. The number of sulfonamides is 1. The van der Waals surface area contributed by atoms with Gasteiger partial charge >= 0.3 is 0 Å². The second-order valence-electron chi connectivity index (χ2n) is 2.89. The van der Waals surface area contributed by atoms with Gasteiger partial charge in [-0.05, 0) is 30.7 Å². The average Bonchev–Trinajstić information content (AvgIpc) is 2.18. The molecule has 0 heterocycles. The summed E-state index contributed by atoms with van der Waals surface area (Å²) in [5, 5.41) is 0. The van der Waals surface area contributed by atoms with E-state index in [1.807, 2.05) is 0 Å². The highest BCUT2D eigenvalue weighted by Gasteiger charge is 2.12. The highest BCUT2D eigenvalue weighted by molar-refractivity contribution is 14.1. The molecule has 1 rings (SSSR count). The number of hydrogen-bond acceptors (Lipinski definition) is 2. The molecule has 1 aromatic carbocycles. The first-order chi connectivity index (χ1) is 7.06. The van der Waals surface area contributed by atoms with Gasteiger partial charge in [-0.15, -0.1) is 0 Å². The molecule has 0 aromatic heterocycles. The molecule has 15 heavy (non-hydrogen) atoms. The number of halogens is 2. The number of benzene rings is 1. The van der Waals surface area contributed by atoms with Crippen molar-refractivity contribution in [3.05, 3.63) is 30.1 Å². The van der Waals surface area contributed by atoms with Crippen LogP contribution in [0, 0.1) is 5.82 Å². The lowest BCUT2D eigenvalue weighted by Crippen LogP contribution is -2.24. The fraction of sp³-hybridized carbons (Fsp3) is 0.333. The SMILES string of the molecule is O=S(=O)(NCCCI)c1ccc(F)cc1. The van der Waals surface area contributed by atoms with Gasteiger partial charge in [0.2, 0.25) is 10.0 Å². The summed E-state index contributed by atoms with van der Waals surface area (Å²) in [6.45, 7) is 0.405. The summed E-state index contributed by atoms with van der Waals surface area (Å²) < 4.78 is 39.1. The topological polar surface area (TPSA) is 46.2 Å². The highest BCUT2D eigenvalue weighted by atomic mass is 127. The van der Waals surface area contributed by atoms with Crippen LogP contribution in [0.1, 0.15) is 6.42 Å². The molecule has 0 aliphatic carbocycles. The minimum atomic E-state index is -3.47. The molecule has 0 aliphatic rings. The molecule has 0 spiro atoms. The van der Waals surface area contributed by atoms with Gasteiger partial charge in [0.05, 0.1) is 4.90 Å². The Morgan fingerprint density at radius 2 is 1.87 bits per heavy atom. The lowest BCUT2D eigenvalue weighted by molar-refractivity contribution is 0.580. The van der Waals surface area contributed by atoms with E-state index in [4.69, 9.17) is 0 Å². The van der Waals surface area contributed by atoms with Crippen molar-refractivity contribution in [2.45, 2.75) is 11.3 Å². The molecule has 0 unspecified atom stereocenters. The van der Waals surface area contributed by atoms with Gasteiger partial charge in [-0.25, -0.2) is 17.5 Å². The van der Waals surface area contributed by atoms with E-state index >= 15 is 0 Å². The van der Waals surface area contributed by atoms with Crippen molar-refractivity contribution in [2.24, 2.45) is 0 Å². The van der Waals surface area contributed by atoms with Crippen LogP contribution >= 0.6 is 22.6 Å². The van der Waals surface area contributed by atoms with Gasteiger partial charge in [0.25, 0.3) is 0 Å². The fourth-order valence-electron chi connectivity index (χ4n) is 0.970. The molecule has 0 radical (unpaired) electrons. The van der Waals surface area contributed by atoms with Gasteiger partial charge in [-0.3, -0.25) is 0 Å². The van der Waals surface area contributed by atoms with E-state index in [1.54, 1.807) is 0 Å². The largest absolute Gasteiger partial charge is 0.240 e. The standard InChI is InChI=1S/C9H11FINO2S/c10-8-2-4-9(5-3-8)15(13,14)12-7-1-6-11/h2-5,12H,1,6-7H2. The Kier molecular flexibility index (Phi) is 4.94. The van der Waals surface area contributed by atoms with E-state index in [0.29, 0.717) is 6.54 Å². The minimum Gasteiger partial charge on any atom is -0.211 e. The summed E-state index contributed by atoms with van der Waals surface area (Å²) >= 11 is 2.17. The third-order valence-corrected chi connectivity index (χ3v) is 3.97. The molecule has 6 heteroatoms.